The first kappa shape index (κ1) is 16.2. The average Bonchev–Trinajstić information content (AvgIpc) is 3.70. The van der Waals surface area contributed by atoms with Gasteiger partial charge < -0.3 is 9.97 Å². The van der Waals surface area contributed by atoms with Gasteiger partial charge in [-0.1, -0.05) is 6.08 Å². The van der Waals surface area contributed by atoms with Crippen molar-refractivity contribution in [2.24, 2.45) is 0 Å². The van der Waals surface area contributed by atoms with E-state index in [1.807, 2.05) is 34.0 Å². The monoisotopic (exact) mass is 506 g/mol. The van der Waals surface area contributed by atoms with E-state index in [1.165, 1.54) is 111 Å². The third kappa shape index (κ3) is 1.22. The van der Waals surface area contributed by atoms with Crippen LogP contribution in [0.5, 0.6) is 0 Å². The minimum Gasteiger partial charge on any atom is -0.359 e. The predicted octanol–water partition coefficient (Wildman–Crippen LogP) is 9.46. The van der Waals surface area contributed by atoms with Crippen molar-refractivity contribution in [3.8, 4) is 0 Å². The van der Waals surface area contributed by atoms with Gasteiger partial charge in [0.05, 0.1) is 20.4 Å². The molecule has 0 unspecified atom stereocenters. The zero-order valence-corrected chi connectivity index (χ0v) is 20.8. The molecule has 0 spiro atoms. The molecule has 5 heterocycles. The Labute approximate surface area is 211 Å². The van der Waals surface area contributed by atoms with Gasteiger partial charge in [-0.25, -0.2) is 0 Å². The van der Waals surface area contributed by atoms with Crippen LogP contribution >= 0.6 is 34.0 Å². The number of thiophene rings is 3. The maximum atomic E-state index is 3.76. The average molecular weight is 507 g/mol. The fraction of sp³-hybridized carbons (Fsp3) is 0.0323. The molecule has 0 radical (unpaired) electrons. The Kier molecular flexibility index (Phi) is 2.01. The van der Waals surface area contributed by atoms with Crippen molar-refractivity contribution >= 4 is 157 Å². The Morgan fingerprint density at radius 1 is 0.472 bits per heavy atom. The van der Waals surface area contributed by atoms with Gasteiger partial charge in [0.25, 0.3) is 0 Å². The van der Waals surface area contributed by atoms with Crippen LogP contribution < -0.4 is 5.22 Å². The quantitative estimate of drug-likeness (QED) is 0.152. The van der Waals surface area contributed by atoms with E-state index in [0.29, 0.717) is 0 Å². The lowest BCUT2D eigenvalue weighted by Gasteiger charge is -2.22. The largest absolute Gasteiger partial charge is 0.359 e. The highest BCUT2D eigenvalue weighted by molar-refractivity contribution is 7.20. The number of hydrogen-bond donors (Lipinski definition) is 2. The number of fused-ring (bicyclic) bond motifs is 6. The molecule has 0 saturated heterocycles. The maximum absolute atomic E-state index is 3.76. The summed E-state index contributed by atoms with van der Waals surface area (Å²) in [6.07, 6.45) is 8.15. The molecule has 0 amide bonds. The molecule has 12 aromatic rings. The molecular weight excluding hydrogens is 497 g/mol. The van der Waals surface area contributed by atoms with Crippen LogP contribution in [0.3, 0.4) is 0 Å². The van der Waals surface area contributed by atoms with Gasteiger partial charge in [-0.2, -0.15) is 0 Å². The molecule has 7 aromatic carbocycles. The smallest absolute Gasteiger partial charge is 0.0648 e. The Hall–Kier alpha value is -3.64. The second-order valence-electron chi connectivity index (χ2n) is 10.9. The van der Waals surface area contributed by atoms with E-state index in [1.54, 1.807) is 16.3 Å². The Morgan fingerprint density at radius 3 is 1.64 bits per heavy atom. The van der Waals surface area contributed by atoms with Gasteiger partial charge in [-0.15, -0.1) is 34.0 Å². The Morgan fingerprint density at radius 2 is 0.972 bits per heavy atom. The van der Waals surface area contributed by atoms with Crippen molar-refractivity contribution in [3.05, 3.63) is 39.3 Å². The molecule has 0 bridgehead atoms. The summed E-state index contributed by atoms with van der Waals surface area (Å²) < 4.78 is 4.36. The van der Waals surface area contributed by atoms with Crippen molar-refractivity contribution in [1.82, 2.24) is 9.97 Å². The molecule has 0 atom stereocenters. The lowest BCUT2D eigenvalue weighted by Crippen LogP contribution is -2.04. The minimum atomic E-state index is 1.05. The minimum absolute atomic E-state index is 1.05. The molecule has 1 aliphatic carbocycles. The molecule has 162 valence electrons. The van der Waals surface area contributed by atoms with Crippen LogP contribution in [0, 0.1) is 0 Å². The third-order valence-electron chi connectivity index (χ3n) is 9.81. The summed E-state index contributed by atoms with van der Waals surface area (Å²) in [4.78, 5) is 7.53. The molecule has 2 nitrogen and oxygen atoms in total. The highest BCUT2D eigenvalue weighted by Crippen LogP contribution is 2.60. The fourth-order valence-corrected chi connectivity index (χ4v) is 12.0. The van der Waals surface area contributed by atoms with Crippen molar-refractivity contribution in [3.63, 3.8) is 0 Å². The highest BCUT2D eigenvalue weighted by atomic mass is 32.1. The van der Waals surface area contributed by atoms with Crippen molar-refractivity contribution < 1.29 is 0 Å². The second-order valence-corrected chi connectivity index (χ2v) is 13.5. The van der Waals surface area contributed by atoms with Crippen LogP contribution in [0.25, 0.3) is 123 Å². The summed E-state index contributed by atoms with van der Waals surface area (Å²) in [7, 11) is 0. The lowest BCUT2D eigenvalue weighted by atomic mass is 9.79. The second kappa shape index (κ2) is 4.48. The van der Waals surface area contributed by atoms with E-state index in [2.05, 4.69) is 44.6 Å². The molecular formula is C31H10N2S3. The van der Waals surface area contributed by atoms with Gasteiger partial charge >= 0.3 is 0 Å². The standard InChI is InChI=1S/C31H10N2S3/c1-2-9-15-8(1)12-5-35-30-19(12)25-21(15)24-18-13(6-34-29(9)18)10-3-32-28-16(10)22(24)26-20-14(7-36-31(20)28)11-4-33-27(30)17(11)23(25)26/h1,3-7,32-33H,2H2. The van der Waals surface area contributed by atoms with Crippen LogP contribution in [0.4, 0.5) is 0 Å². The van der Waals surface area contributed by atoms with Crippen LogP contribution in [0.15, 0.2) is 28.5 Å². The summed E-state index contributed by atoms with van der Waals surface area (Å²) >= 11 is 5.81. The number of aromatic nitrogens is 2. The Balaban J connectivity index is 1.68. The van der Waals surface area contributed by atoms with E-state index in [-0.39, 0.29) is 0 Å². The summed E-state index contributed by atoms with van der Waals surface area (Å²) in [5.41, 5.74) is 4.23. The topological polar surface area (TPSA) is 31.6 Å². The molecule has 0 fully saturated rings. The molecule has 5 aromatic heterocycles. The molecule has 36 heavy (non-hydrogen) atoms. The highest BCUT2D eigenvalue weighted by Gasteiger charge is 2.33. The normalized spacial score (nSPS) is 15.3. The molecule has 13 rings (SSSR count). The fourth-order valence-electron chi connectivity index (χ4n) is 8.71. The zero-order chi connectivity index (χ0) is 22.3. The zero-order valence-electron chi connectivity index (χ0n) is 18.4. The Bertz CT molecular complexity index is 2920. The first-order valence-corrected chi connectivity index (χ1v) is 15.0. The molecule has 0 saturated carbocycles. The van der Waals surface area contributed by atoms with Crippen molar-refractivity contribution in [2.45, 2.75) is 6.42 Å². The van der Waals surface area contributed by atoms with Gasteiger partial charge in [-0.3, -0.25) is 0 Å². The van der Waals surface area contributed by atoms with Gasteiger partial charge in [-0.05, 0) is 44.1 Å². The first-order chi connectivity index (χ1) is 17.9. The number of H-pyrrole nitrogens is 2. The lowest BCUT2D eigenvalue weighted by molar-refractivity contribution is 1.47. The number of rotatable bonds is 0. The predicted molar refractivity (Wildman–Crippen MR) is 161 cm³/mol. The summed E-state index contributed by atoms with van der Waals surface area (Å²) in [6, 6.07) is 0. The van der Waals surface area contributed by atoms with Gasteiger partial charge in [0.2, 0.25) is 0 Å². The number of hydrogen-bond acceptors (Lipinski definition) is 3. The number of aromatic amines is 2. The number of benzene rings is 7. The summed E-state index contributed by atoms with van der Waals surface area (Å²) in [6.45, 7) is 0. The van der Waals surface area contributed by atoms with Crippen LogP contribution in [-0.4, -0.2) is 9.97 Å². The van der Waals surface area contributed by atoms with E-state index in [0.717, 1.165) is 6.42 Å². The van der Waals surface area contributed by atoms with Gasteiger partial charge in [0, 0.05) is 97.9 Å². The van der Waals surface area contributed by atoms with Crippen molar-refractivity contribution in [2.75, 3.05) is 0 Å². The molecule has 0 aliphatic heterocycles. The maximum Gasteiger partial charge on any atom is 0.0648 e. The van der Waals surface area contributed by atoms with Crippen LogP contribution in [-0.2, 0) is 6.42 Å². The van der Waals surface area contributed by atoms with Gasteiger partial charge in [0.15, 0.2) is 0 Å². The summed E-state index contributed by atoms with van der Waals surface area (Å²) in [5.74, 6) is 0. The van der Waals surface area contributed by atoms with E-state index in [4.69, 9.17) is 0 Å². The summed E-state index contributed by atoms with van der Waals surface area (Å²) in [5, 5.41) is 33.9. The van der Waals surface area contributed by atoms with Crippen LogP contribution in [0.2, 0.25) is 0 Å². The van der Waals surface area contributed by atoms with E-state index >= 15 is 0 Å². The van der Waals surface area contributed by atoms with E-state index < -0.39 is 0 Å². The molecule has 2 N–H and O–H groups in total. The molecule has 1 aliphatic rings. The number of nitrogens with one attached hydrogen (secondary N) is 2. The van der Waals surface area contributed by atoms with Crippen molar-refractivity contribution in [1.29, 1.82) is 0 Å². The van der Waals surface area contributed by atoms with Gasteiger partial charge in [0.1, 0.15) is 0 Å². The molecule has 5 heteroatoms. The SMILES string of the molecule is C1=c2c3csc4c5[nH]cc6c7csc8c9[nH]cc%10c%11csc%12c(c2c2c(c%12%11)c(c%109)c(c78)c(c65)c2c34)C1. The first-order valence-electron chi connectivity index (χ1n) is 12.4. The third-order valence-corrected chi connectivity index (χ3v) is 12.8. The van der Waals surface area contributed by atoms with E-state index in [9.17, 15) is 0 Å². The van der Waals surface area contributed by atoms with Crippen LogP contribution in [0.1, 0.15) is 5.56 Å².